The summed E-state index contributed by atoms with van der Waals surface area (Å²) in [6.07, 6.45) is 5.32. The molecule has 2 heteroatoms. The fraction of sp³-hybridized carbons (Fsp3) is 0.300. The number of imidazole rings is 1. The Morgan fingerprint density at radius 1 is 1.42 bits per heavy atom. The van der Waals surface area contributed by atoms with E-state index in [4.69, 9.17) is 0 Å². The minimum Gasteiger partial charge on any atom is -0.307 e. The van der Waals surface area contributed by atoms with Crippen LogP contribution in [0.15, 0.2) is 19.4 Å². The van der Waals surface area contributed by atoms with Crippen LogP contribution >= 0.6 is 0 Å². The highest BCUT2D eigenvalue weighted by Gasteiger charge is 1.95. The smallest absolute Gasteiger partial charge is 0.136 e. The van der Waals surface area contributed by atoms with Gasteiger partial charge in [0, 0.05) is 12.4 Å². The zero-order valence-corrected chi connectivity index (χ0v) is 8.04. The lowest BCUT2D eigenvalue weighted by atomic mass is 10.6. The van der Waals surface area contributed by atoms with E-state index in [9.17, 15) is 0 Å². The molecule has 0 N–H and O–H groups in total. The quantitative estimate of drug-likeness (QED) is 0.657. The summed E-state index contributed by atoms with van der Waals surface area (Å²) < 4.78 is 1.84. The third kappa shape index (κ3) is 2.38. The van der Waals surface area contributed by atoms with Crippen molar-refractivity contribution in [2.45, 2.75) is 20.8 Å². The Morgan fingerprint density at radius 3 is 2.33 bits per heavy atom. The molecule has 1 aromatic rings. The largest absolute Gasteiger partial charge is 0.307 e. The molecule has 0 radical (unpaired) electrons. The molecule has 1 heterocycles. The summed E-state index contributed by atoms with van der Waals surface area (Å²) in [5.74, 6) is 0.840. The summed E-state index contributed by atoms with van der Waals surface area (Å²) in [6, 6.07) is 0. The molecule has 0 aliphatic heterocycles. The maximum Gasteiger partial charge on any atom is 0.136 e. The lowest BCUT2D eigenvalue weighted by molar-refractivity contribution is 1.11. The van der Waals surface area contributed by atoms with Crippen LogP contribution in [0.25, 0.3) is 12.3 Å². The van der Waals surface area contributed by atoms with E-state index in [1.165, 1.54) is 0 Å². The fourth-order valence-electron chi connectivity index (χ4n) is 0.832. The topological polar surface area (TPSA) is 17.8 Å². The van der Waals surface area contributed by atoms with E-state index in [1.54, 1.807) is 12.3 Å². The molecular weight excluding hydrogens is 148 g/mol. The molecule has 1 aromatic heterocycles. The van der Waals surface area contributed by atoms with Gasteiger partial charge in [-0.3, -0.25) is 0 Å². The molecule has 0 saturated carbocycles. The van der Waals surface area contributed by atoms with Gasteiger partial charge >= 0.3 is 0 Å². The summed E-state index contributed by atoms with van der Waals surface area (Å²) >= 11 is 0. The Balaban J connectivity index is 0.000000561. The number of nitrogens with zero attached hydrogens (tertiary/aromatic N) is 2. The predicted molar refractivity (Wildman–Crippen MR) is 54.8 cm³/mol. The number of rotatable bonds is 2. The highest BCUT2D eigenvalue weighted by Crippen LogP contribution is 2.02. The van der Waals surface area contributed by atoms with Crippen molar-refractivity contribution in [2.75, 3.05) is 0 Å². The molecule has 0 atom stereocenters. The predicted octanol–water partition coefficient (Wildman–Crippen LogP) is 2.96. The monoisotopic (exact) mass is 164 g/mol. The summed E-state index contributed by atoms with van der Waals surface area (Å²) in [5, 5.41) is 0. The van der Waals surface area contributed by atoms with Gasteiger partial charge in [0.25, 0.3) is 0 Å². The lowest BCUT2D eigenvalue weighted by Crippen LogP contribution is -1.85. The van der Waals surface area contributed by atoms with E-state index >= 15 is 0 Å². The lowest BCUT2D eigenvalue weighted by Gasteiger charge is -1.91. The molecule has 2 nitrogen and oxygen atoms in total. The number of hydrogen-bond acceptors (Lipinski definition) is 1. The first-order chi connectivity index (χ1) is 5.77. The van der Waals surface area contributed by atoms with Crippen molar-refractivity contribution in [1.29, 1.82) is 0 Å². The van der Waals surface area contributed by atoms with Crippen LogP contribution < -0.4 is 0 Å². The second-order valence-corrected chi connectivity index (χ2v) is 2.03. The SMILES string of the molecule is C=Cc1nc(C)cn1C=C.CC. The first-order valence-electron chi connectivity index (χ1n) is 4.08. The van der Waals surface area contributed by atoms with Gasteiger partial charge in [0.05, 0.1) is 5.69 Å². The third-order valence-electron chi connectivity index (χ3n) is 1.26. The molecule has 0 aliphatic carbocycles. The van der Waals surface area contributed by atoms with Gasteiger partial charge in [-0.15, -0.1) is 0 Å². The highest BCUT2D eigenvalue weighted by atomic mass is 15.0. The van der Waals surface area contributed by atoms with Crippen LogP contribution in [-0.4, -0.2) is 9.55 Å². The maximum absolute atomic E-state index is 4.17. The van der Waals surface area contributed by atoms with Crippen molar-refractivity contribution >= 4 is 12.3 Å². The molecule has 1 rings (SSSR count). The van der Waals surface area contributed by atoms with Crippen LogP contribution in [0.5, 0.6) is 0 Å². The van der Waals surface area contributed by atoms with Gasteiger partial charge in [-0.05, 0) is 13.0 Å². The summed E-state index contributed by atoms with van der Waals surface area (Å²) in [6.45, 7) is 13.2. The zero-order valence-electron chi connectivity index (χ0n) is 8.04. The number of aromatic nitrogens is 2. The van der Waals surface area contributed by atoms with Crippen molar-refractivity contribution in [3.8, 4) is 0 Å². The van der Waals surface area contributed by atoms with Crippen molar-refractivity contribution in [3.63, 3.8) is 0 Å². The zero-order chi connectivity index (χ0) is 9.56. The Kier molecular flexibility index (Phi) is 4.77. The minimum absolute atomic E-state index is 0.840. The van der Waals surface area contributed by atoms with E-state index in [0.717, 1.165) is 11.5 Å². The minimum atomic E-state index is 0.840. The van der Waals surface area contributed by atoms with Crippen LogP contribution in [0.1, 0.15) is 25.4 Å². The molecule has 0 fully saturated rings. The number of hydrogen-bond donors (Lipinski definition) is 0. The fourth-order valence-corrected chi connectivity index (χ4v) is 0.832. The van der Waals surface area contributed by atoms with Crippen LogP contribution in [0.4, 0.5) is 0 Å². The van der Waals surface area contributed by atoms with Gasteiger partial charge < -0.3 is 4.57 Å². The van der Waals surface area contributed by atoms with Crippen LogP contribution in [0.2, 0.25) is 0 Å². The summed E-state index contributed by atoms with van der Waals surface area (Å²) in [5.41, 5.74) is 0.981. The molecule has 0 unspecified atom stereocenters. The molecule has 0 aromatic carbocycles. The summed E-state index contributed by atoms with van der Waals surface area (Å²) in [7, 11) is 0. The Labute approximate surface area is 74.3 Å². The molecule has 0 spiro atoms. The van der Waals surface area contributed by atoms with Crippen LogP contribution in [0, 0.1) is 6.92 Å². The van der Waals surface area contributed by atoms with Crippen molar-refractivity contribution < 1.29 is 0 Å². The normalized spacial score (nSPS) is 8.25. The first-order valence-corrected chi connectivity index (χ1v) is 4.08. The molecular formula is C10H16N2. The second kappa shape index (κ2) is 5.35. The van der Waals surface area contributed by atoms with Crippen molar-refractivity contribution in [1.82, 2.24) is 9.55 Å². The Bertz CT molecular complexity index is 233. The van der Waals surface area contributed by atoms with Gasteiger partial charge in [-0.25, -0.2) is 4.98 Å². The molecule has 0 bridgehead atoms. The second-order valence-electron chi connectivity index (χ2n) is 2.03. The van der Waals surface area contributed by atoms with Gasteiger partial charge in [0.15, 0.2) is 0 Å². The average molecular weight is 164 g/mol. The van der Waals surface area contributed by atoms with Gasteiger partial charge in [0.1, 0.15) is 5.82 Å². The third-order valence-corrected chi connectivity index (χ3v) is 1.26. The Hall–Kier alpha value is -1.31. The van der Waals surface area contributed by atoms with E-state index in [0.29, 0.717) is 0 Å². The highest BCUT2D eigenvalue weighted by molar-refractivity contribution is 5.42. The van der Waals surface area contributed by atoms with E-state index in [2.05, 4.69) is 18.1 Å². The molecule has 0 amide bonds. The van der Waals surface area contributed by atoms with Gasteiger partial charge in [-0.2, -0.15) is 0 Å². The van der Waals surface area contributed by atoms with E-state index in [1.807, 2.05) is 31.5 Å². The average Bonchev–Trinajstić information content (AvgIpc) is 2.49. The molecule has 0 aliphatic rings. The first kappa shape index (κ1) is 10.7. The molecule has 0 saturated heterocycles. The number of aryl methyl sites for hydroxylation is 1. The maximum atomic E-state index is 4.17. The molecule has 12 heavy (non-hydrogen) atoms. The van der Waals surface area contributed by atoms with Crippen LogP contribution in [0.3, 0.4) is 0 Å². The Morgan fingerprint density at radius 2 is 2.00 bits per heavy atom. The van der Waals surface area contributed by atoms with E-state index in [-0.39, 0.29) is 0 Å². The van der Waals surface area contributed by atoms with Gasteiger partial charge in [-0.1, -0.05) is 27.0 Å². The van der Waals surface area contributed by atoms with Crippen molar-refractivity contribution in [3.05, 3.63) is 30.9 Å². The van der Waals surface area contributed by atoms with E-state index < -0.39 is 0 Å². The summed E-state index contributed by atoms with van der Waals surface area (Å²) in [4.78, 5) is 4.17. The standard InChI is InChI=1S/C8H10N2.C2H6/c1-4-8-9-7(3)6-10(8)5-2;1-2/h4-6H,1-2H2,3H3;1-2H3. The van der Waals surface area contributed by atoms with Gasteiger partial charge in [0.2, 0.25) is 0 Å². The van der Waals surface area contributed by atoms with Crippen LogP contribution in [-0.2, 0) is 0 Å². The molecule has 66 valence electrons. The van der Waals surface area contributed by atoms with Crippen molar-refractivity contribution in [2.24, 2.45) is 0 Å².